The Morgan fingerprint density at radius 3 is 2.08 bits per heavy atom. The van der Waals surface area contributed by atoms with E-state index in [1.54, 1.807) is 0 Å². The summed E-state index contributed by atoms with van der Waals surface area (Å²) in [7, 11) is 0. The van der Waals surface area contributed by atoms with E-state index in [2.05, 4.69) is 174 Å². The van der Waals surface area contributed by atoms with Gasteiger partial charge in [-0.15, -0.1) is 0 Å². The van der Waals surface area contributed by atoms with E-state index in [1.165, 1.54) is 60.0 Å². The molecule has 2 bridgehead atoms. The van der Waals surface area contributed by atoms with E-state index < -0.39 is 0 Å². The van der Waals surface area contributed by atoms with Crippen molar-refractivity contribution in [1.82, 2.24) is 14.5 Å². The lowest BCUT2D eigenvalue weighted by Gasteiger charge is -2.19. The highest BCUT2D eigenvalue weighted by atomic mass is 16.3. The number of benzene rings is 9. The third-order valence-corrected chi connectivity index (χ3v) is 12.4. The van der Waals surface area contributed by atoms with Gasteiger partial charge in [-0.25, -0.2) is 9.97 Å². The van der Waals surface area contributed by atoms with E-state index in [0.29, 0.717) is 12.2 Å². The number of hydrogen-bond acceptors (Lipinski definition) is 3. The molecule has 9 aromatic carbocycles. The maximum absolute atomic E-state index is 6.40. The first-order valence-corrected chi connectivity index (χ1v) is 20.2. The van der Waals surface area contributed by atoms with E-state index in [4.69, 9.17) is 14.4 Å². The highest BCUT2D eigenvalue weighted by Gasteiger charge is 2.27. The third-order valence-electron chi connectivity index (χ3n) is 12.4. The molecule has 4 nitrogen and oxygen atoms in total. The number of aromatic nitrogens is 3. The van der Waals surface area contributed by atoms with Gasteiger partial charge in [-0.3, -0.25) is 0 Å². The smallest absolute Gasteiger partial charge is 0.161 e. The Labute approximate surface area is 339 Å². The number of hydrogen-bond donors (Lipinski definition) is 0. The van der Waals surface area contributed by atoms with E-state index >= 15 is 0 Å². The van der Waals surface area contributed by atoms with E-state index in [9.17, 15) is 0 Å². The van der Waals surface area contributed by atoms with Crippen molar-refractivity contribution in [3.63, 3.8) is 0 Å². The molecular formula is C55H33N3O. The molecule has 3 aromatic heterocycles. The van der Waals surface area contributed by atoms with Gasteiger partial charge in [0.25, 0.3) is 0 Å². The molecular weight excluding hydrogens is 719 g/mol. The molecule has 4 heterocycles. The van der Waals surface area contributed by atoms with Crippen LogP contribution in [-0.2, 0) is 6.42 Å². The van der Waals surface area contributed by atoms with Gasteiger partial charge in [-0.1, -0.05) is 152 Å². The van der Waals surface area contributed by atoms with Crippen LogP contribution in [-0.4, -0.2) is 14.5 Å². The van der Waals surface area contributed by atoms with Crippen LogP contribution in [0.4, 0.5) is 0 Å². The van der Waals surface area contributed by atoms with Gasteiger partial charge in [0.15, 0.2) is 5.82 Å². The van der Waals surface area contributed by atoms with E-state index in [-0.39, 0.29) is 0 Å². The lowest BCUT2D eigenvalue weighted by molar-refractivity contribution is 0.669. The van der Waals surface area contributed by atoms with Crippen LogP contribution < -0.4 is 0 Å². The Morgan fingerprint density at radius 1 is 0.441 bits per heavy atom. The minimum Gasteiger partial charge on any atom is -0.456 e. The van der Waals surface area contributed by atoms with Crippen LogP contribution in [0.3, 0.4) is 0 Å². The Balaban J connectivity index is 1.16. The average Bonchev–Trinajstić information content (AvgIpc) is 3.85. The minimum absolute atomic E-state index is 0.665. The zero-order chi connectivity index (χ0) is 38.6. The summed E-state index contributed by atoms with van der Waals surface area (Å²) >= 11 is 0. The highest BCUT2D eigenvalue weighted by molar-refractivity contribution is 6.22. The second-order valence-electron chi connectivity index (χ2n) is 15.7. The molecule has 0 N–H and O–H groups in total. The van der Waals surface area contributed by atoms with Crippen molar-refractivity contribution in [1.29, 1.82) is 0 Å². The van der Waals surface area contributed by atoms with Crippen molar-refractivity contribution in [2.24, 2.45) is 0 Å². The van der Waals surface area contributed by atoms with Crippen molar-refractivity contribution in [2.45, 2.75) is 6.42 Å². The summed E-state index contributed by atoms with van der Waals surface area (Å²) < 4.78 is 8.90. The quantitative estimate of drug-likeness (QED) is 0.181. The second-order valence-corrected chi connectivity index (χ2v) is 15.7. The van der Waals surface area contributed by atoms with Crippen LogP contribution in [0.15, 0.2) is 192 Å². The lowest BCUT2D eigenvalue weighted by atomic mass is 9.92. The molecule has 0 saturated heterocycles. The van der Waals surface area contributed by atoms with Gasteiger partial charge in [-0.2, -0.15) is 0 Å². The van der Waals surface area contributed by atoms with Gasteiger partial charge in [-0.05, 0) is 69.2 Å². The third kappa shape index (κ3) is 4.78. The SMILES string of the molecule is c1ccc(-c2cc3c4ccc5cc4n(c3c3ccccc23)-c2ccccc2-c2nc(-c3cccc4oc6ccccc6c34)nc(-c3ccc4ccccc4c3)c2C5)cc1. The number of furan rings is 1. The summed E-state index contributed by atoms with van der Waals surface area (Å²) in [6, 6.07) is 67.6. The van der Waals surface area contributed by atoms with Crippen molar-refractivity contribution in [3.8, 4) is 50.7 Å². The van der Waals surface area contributed by atoms with Crippen LogP contribution in [0.2, 0.25) is 0 Å². The maximum atomic E-state index is 6.40. The summed E-state index contributed by atoms with van der Waals surface area (Å²) in [4.78, 5) is 11.3. The van der Waals surface area contributed by atoms with Crippen molar-refractivity contribution < 1.29 is 4.42 Å². The number of para-hydroxylation sites is 2. The van der Waals surface area contributed by atoms with Crippen LogP contribution in [0, 0.1) is 0 Å². The molecule has 59 heavy (non-hydrogen) atoms. The van der Waals surface area contributed by atoms with Crippen LogP contribution >= 0.6 is 0 Å². The van der Waals surface area contributed by atoms with Crippen molar-refractivity contribution in [3.05, 3.63) is 199 Å². The fraction of sp³-hybridized carbons (Fsp3) is 0.0182. The molecule has 0 unspecified atom stereocenters. The Hall–Kier alpha value is -7.82. The molecule has 0 saturated carbocycles. The number of nitrogens with zero attached hydrogens (tertiary/aromatic N) is 3. The predicted molar refractivity (Wildman–Crippen MR) is 243 cm³/mol. The number of rotatable bonds is 3. The molecule has 1 aliphatic heterocycles. The van der Waals surface area contributed by atoms with Gasteiger partial charge < -0.3 is 8.98 Å². The Bertz CT molecular complexity index is 3710. The summed E-state index contributed by atoms with van der Waals surface area (Å²) in [5, 5.41) is 9.36. The first-order chi connectivity index (χ1) is 29.2. The van der Waals surface area contributed by atoms with Crippen molar-refractivity contribution >= 4 is 65.3 Å². The minimum atomic E-state index is 0.665. The largest absolute Gasteiger partial charge is 0.456 e. The zero-order valence-corrected chi connectivity index (χ0v) is 31.9. The molecule has 0 amide bonds. The first-order valence-electron chi connectivity index (χ1n) is 20.2. The first kappa shape index (κ1) is 32.3. The molecule has 12 aromatic rings. The molecule has 0 atom stereocenters. The van der Waals surface area contributed by atoms with Gasteiger partial charge >= 0.3 is 0 Å². The second kappa shape index (κ2) is 12.3. The Kier molecular flexibility index (Phi) is 6.75. The fourth-order valence-electron chi connectivity index (χ4n) is 9.74. The maximum Gasteiger partial charge on any atom is 0.161 e. The van der Waals surface area contributed by atoms with Gasteiger partial charge in [0.05, 0.1) is 28.1 Å². The summed E-state index contributed by atoms with van der Waals surface area (Å²) in [6.07, 6.45) is 0.665. The van der Waals surface area contributed by atoms with Gasteiger partial charge in [0.1, 0.15) is 11.2 Å². The van der Waals surface area contributed by atoms with Crippen LogP contribution in [0.1, 0.15) is 11.1 Å². The lowest BCUT2D eigenvalue weighted by Crippen LogP contribution is -2.06. The summed E-state index contributed by atoms with van der Waals surface area (Å²) in [5.74, 6) is 0.672. The molecule has 1 aliphatic rings. The summed E-state index contributed by atoms with van der Waals surface area (Å²) in [6.45, 7) is 0. The van der Waals surface area contributed by atoms with Crippen LogP contribution in [0.25, 0.3) is 116 Å². The topological polar surface area (TPSA) is 43.9 Å². The average molecular weight is 752 g/mol. The standard InChI is InChI=1S/C55H33N3O/c1-2-14-35(15-3-1)44-32-45-39-28-25-33-29-46-52(37-27-26-34-13-4-5-16-36(34)31-37)56-55(43-21-12-24-50-51(43)42-20-9-11-23-49(42)59-50)57-53(46)41-19-8-10-22-47(41)58(48(39)30-33)54(45)40-18-7-6-17-38(40)44/h1-28,30-32H,29H2. The molecule has 0 fully saturated rings. The molecule has 0 radical (unpaired) electrons. The van der Waals surface area contributed by atoms with Crippen molar-refractivity contribution in [2.75, 3.05) is 0 Å². The van der Waals surface area contributed by atoms with Gasteiger partial charge in [0, 0.05) is 55.6 Å². The van der Waals surface area contributed by atoms with Gasteiger partial charge in [0.2, 0.25) is 0 Å². The summed E-state index contributed by atoms with van der Waals surface area (Å²) in [5.41, 5.74) is 14.9. The van der Waals surface area contributed by atoms with Crippen LogP contribution in [0.5, 0.6) is 0 Å². The molecule has 4 heteroatoms. The van der Waals surface area contributed by atoms with E-state index in [1.807, 2.05) is 18.2 Å². The van der Waals surface area contributed by atoms with E-state index in [0.717, 1.165) is 61.3 Å². The predicted octanol–water partition coefficient (Wildman–Crippen LogP) is 14.4. The molecule has 274 valence electrons. The normalized spacial score (nSPS) is 12.3. The highest BCUT2D eigenvalue weighted by Crippen LogP contribution is 2.46. The number of fused-ring (bicyclic) bond motifs is 14. The zero-order valence-electron chi connectivity index (χ0n) is 31.9. The molecule has 13 rings (SSSR count). The molecule has 0 aliphatic carbocycles. The molecule has 0 spiro atoms. The monoisotopic (exact) mass is 751 g/mol. The Morgan fingerprint density at radius 2 is 1.17 bits per heavy atom. The fourth-order valence-corrected chi connectivity index (χ4v) is 9.74.